The Morgan fingerprint density at radius 3 is 2.68 bits per heavy atom. The first-order valence-electron chi connectivity index (χ1n) is 14.1. The van der Waals surface area contributed by atoms with Gasteiger partial charge in [-0.3, -0.25) is 4.40 Å². The molecule has 0 aliphatic carbocycles. The molecule has 1 unspecified atom stereocenters. The third kappa shape index (κ3) is 5.95. The molecule has 2 saturated heterocycles. The molecule has 3 aromatic heterocycles. The van der Waals surface area contributed by atoms with Crippen LogP contribution in [0.3, 0.4) is 0 Å². The van der Waals surface area contributed by atoms with Gasteiger partial charge in [0.2, 0.25) is 0 Å². The highest BCUT2D eigenvalue weighted by molar-refractivity contribution is 5.67. The average Bonchev–Trinajstić information content (AvgIpc) is 3.41. The molecular formula is C30H34FN7O3. The zero-order valence-corrected chi connectivity index (χ0v) is 23.0. The maximum Gasteiger partial charge on any atom is 0.407 e. The van der Waals surface area contributed by atoms with E-state index in [4.69, 9.17) is 14.7 Å². The van der Waals surface area contributed by atoms with Crippen LogP contribution >= 0.6 is 0 Å². The highest BCUT2D eigenvalue weighted by atomic mass is 19.1. The summed E-state index contributed by atoms with van der Waals surface area (Å²) in [4.78, 5) is 29.6. The largest absolute Gasteiger partial charge is 0.465 e. The number of fused-ring (bicyclic) bond motifs is 1. The molecule has 4 aromatic rings. The molecular weight excluding hydrogens is 525 g/mol. The molecule has 214 valence electrons. The Morgan fingerprint density at radius 1 is 1.10 bits per heavy atom. The van der Waals surface area contributed by atoms with Gasteiger partial charge in [-0.15, -0.1) is 0 Å². The van der Waals surface area contributed by atoms with Crippen LogP contribution in [-0.4, -0.2) is 73.8 Å². The smallest absolute Gasteiger partial charge is 0.407 e. The molecule has 2 aliphatic heterocycles. The lowest BCUT2D eigenvalue weighted by molar-refractivity contribution is 0.0250. The molecule has 10 nitrogen and oxygen atoms in total. The van der Waals surface area contributed by atoms with Crippen LogP contribution in [0.1, 0.15) is 36.8 Å². The van der Waals surface area contributed by atoms with E-state index in [9.17, 15) is 14.3 Å². The Balaban J connectivity index is 1.27. The topological polar surface area (TPSA) is 108 Å². The number of pyridine rings is 1. The fraction of sp³-hybridized carbons (Fsp3) is 0.400. The number of anilines is 2. The van der Waals surface area contributed by atoms with Crippen LogP contribution in [0.15, 0.2) is 54.9 Å². The first-order chi connectivity index (χ1) is 19.9. The SMILES string of the molecule is Cc1c(NC2CCCN(C(=O)O)C2)nc(-c2cnc3ccc(F)cn23)nc1N1CCC(OCc2ccccc2)CC1. The number of nitrogens with zero attached hydrogens (tertiary/aromatic N) is 6. The number of rotatable bonds is 7. The summed E-state index contributed by atoms with van der Waals surface area (Å²) in [5.41, 5.74) is 3.24. The van der Waals surface area contributed by atoms with Gasteiger partial charge in [0.15, 0.2) is 5.82 Å². The van der Waals surface area contributed by atoms with E-state index in [-0.39, 0.29) is 18.0 Å². The number of likely N-dealkylation sites (tertiary alicyclic amines) is 1. The van der Waals surface area contributed by atoms with Crippen LogP contribution in [0.25, 0.3) is 17.2 Å². The van der Waals surface area contributed by atoms with Crippen LogP contribution in [0.2, 0.25) is 0 Å². The highest BCUT2D eigenvalue weighted by Crippen LogP contribution is 2.31. The molecule has 0 spiro atoms. The van der Waals surface area contributed by atoms with Crippen LogP contribution in [-0.2, 0) is 11.3 Å². The normalized spacial score (nSPS) is 18.1. The predicted octanol–water partition coefficient (Wildman–Crippen LogP) is 4.98. The van der Waals surface area contributed by atoms with E-state index < -0.39 is 6.09 Å². The van der Waals surface area contributed by atoms with Gasteiger partial charge in [-0.05, 0) is 50.3 Å². The molecule has 0 saturated carbocycles. The lowest BCUT2D eigenvalue weighted by Crippen LogP contribution is -2.44. The van der Waals surface area contributed by atoms with Gasteiger partial charge in [0.25, 0.3) is 0 Å². The molecule has 1 atom stereocenters. The minimum Gasteiger partial charge on any atom is -0.465 e. The molecule has 0 bridgehead atoms. The van der Waals surface area contributed by atoms with E-state index in [1.165, 1.54) is 17.2 Å². The van der Waals surface area contributed by atoms with Crippen molar-refractivity contribution >= 4 is 23.4 Å². The molecule has 2 fully saturated rings. The minimum absolute atomic E-state index is 0.0779. The van der Waals surface area contributed by atoms with Crippen molar-refractivity contribution in [1.29, 1.82) is 0 Å². The van der Waals surface area contributed by atoms with Gasteiger partial charge in [0.05, 0.1) is 18.9 Å². The summed E-state index contributed by atoms with van der Waals surface area (Å²) < 4.78 is 22.0. The zero-order valence-electron chi connectivity index (χ0n) is 23.0. The van der Waals surface area contributed by atoms with E-state index in [2.05, 4.69) is 27.3 Å². The van der Waals surface area contributed by atoms with Gasteiger partial charge in [-0.1, -0.05) is 30.3 Å². The predicted molar refractivity (Wildman–Crippen MR) is 154 cm³/mol. The van der Waals surface area contributed by atoms with Gasteiger partial charge < -0.3 is 25.0 Å². The third-order valence-electron chi connectivity index (χ3n) is 7.92. The summed E-state index contributed by atoms with van der Waals surface area (Å²) in [6.45, 7) is 5.04. The summed E-state index contributed by atoms with van der Waals surface area (Å²) in [6.07, 6.45) is 5.63. The molecule has 5 heterocycles. The van der Waals surface area contributed by atoms with Crippen molar-refractivity contribution in [2.24, 2.45) is 0 Å². The number of halogens is 1. The molecule has 2 aliphatic rings. The van der Waals surface area contributed by atoms with E-state index in [0.29, 0.717) is 42.7 Å². The van der Waals surface area contributed by atoms with Crippen molar-refractivity contribution in [2.75, 3.05) is 36.4 Å². The monoisotopic (exact) mass is 559 g/mol. The van der Waals surface area contributed by atoms with E-state index >= 15 is 0 Å². The summed E-state index contributed by atoms with van der Waals surface area (Å²) in [5.74, 6) is 1.50. The number of hydrogen-bond donors (Lipinski definition) is 2. The number of carboxylic acid groups (broad SMARTS) is 1. The lowest BCUT2D eigenvalue weighted by atomic mass is 10.1. The number of nitrogens with one attached hydrogen (secondary N) is 1. The number of aromatic nitrogens is 4. The second-order valence-electron chi connectivity index (χ2n) is 10.8. The van der Waals surface area contributed by atoms with Crippen LogP contribution in [0.5, 0.6) is 0 Å². The second-order valence-corrected chi connectivity index (χ2v) is 10.8. The number of ether oxygens (including phenoxy) is 1. The number of carbonyl (C=O) groups is 1. The Labute approximate surface area is 237 Å². The van der Waals surface area contributed by atoms with Gasteiger partial charge in [0.1, 0.15) is 28.8 Å². The maximum absolute atomic E-state index is 14.2. The fourth-order valence-electron chi connectivity index (χ4n) is 5.67. The molecule has 41 heavy (non-hydrogen) atoms. The summed E-state index contributed by atoms with van der Waals surface area (Å²) >= 11 is 0. The van der Waals surface area contributed by atoms with Crippen molar-refractivity contribution in [3.8, 4) is 11.5 Å². The zero-order chi connectivity index (χ0) is 28.3. The Morgan fingerprint density at radius 2 is 1.90 bits per heavy atom. The molecule has 11 heteroatoms. The fourth-order valence-corrected chi connectivity index (χ4v) is 5.67. The van der Waals surface area contributed by atoms with Crippen molar-refractivity contribution in [1.82, 2.24) is 24.3 Å². The molecule has 6 rings (SSSR count). The number of imidazole rings is 1. The summed E-state index contributed by atoms with van der Waals surface area (Å²) in [7, 11) is 0. The Kier molecular flexibility index (Phi) is 7.69. The van der Waals surface area contributed by atoms with Crippen molar-refractivity contribution in [2.45, 2.75) is 51.4 Å². The van der Waals surface area contributed by atoms with Crippen LogP contribution < -0.4 is 10.2 Å². The standard InChI is InChI=1S/C30H34FN7O3/c1-20-27(33-23-8-5-13-37(18-23)30(39)40)34-28(25-16-32-26-10-9-22(31)17-38(25)26)35-29(20)36-14-11-24(12-15-36)41-19-21-6-3-2-4-7-21/h2-4,6-7,9-10,16-17,23-24H,5,8,11-15,18-19H2,1H3,(H,39,40)(H,33,34,35). The minimum atomic E-state index is -0.914. The second kappa shape index (κ2) is 11.7. The van der Waals surface area contributed by atoms with E-state index in [1.54, 1.807) is 16.7 Å². The van der Waals surface area contributed by atoms with Crippen molar-refractivity contribution in [3.63, 3.8) is 0 Å². The maximum atomic E-state index is 14.2. The number of hydrogen-bond acceptors (Lipinski definition) is 7. The quantitative estimate of drug-likeness (QED) is 0.327. The Hall–Kier alpha value is -4.25. The first-order valence-corrected chi connectivity index (χ1v) is 14.1. The molecule has 1 aromatic carbocycles. The van der Waals surface area contributed by atoms with Crippen LogP contribution in [0, 0.1) is 12.7 Å². The molecule has 1 amide bonds. The number of piperidine rings is 2. The summed E-state index contributed by atoms with van der Waals surface area (Å²) in [6, 6.07) is 13.1. The highest BCUT2D eigenvalue weighted by Gasteiger charge is 2.28. The van der Waals surface area contributed by atoms with E-state index in [1.807, 2.05) is 25.1 Å². The number of amides is 1. The Bertz CT molecular complexity index is 1520. The number of benzene rings is 1. The van der Waals surface area contributed by atoms with Gasteiger partial charge >= 0.3 is 6.09 Å². The van der Waals surface area contributed by atoms with Gasteiger partial charge in [0, 0.05) is 44.0 Å². The van der Waals surface area contributed by atoms with Gasteiger partial charge in [-0.25, -0.2) is 24.1 Å². The van der Waals surface area contributed by atoms with Crippen LogP contribution in [0.4, 0.5) is 20.8 Å². The first kappa shape index (κ1) is 26.9. The summed E-state index contributed by atoms with van der Waals surface area (Å²) in [5, 5.41) is 13.0. The lowest BCUT2D eigenvalue weighted by Gasteiger charge is -2.35. The van der Waals surface area contributed by atoms with Crippen molar-refractivity contribution in [3.05, 3.63) is 71.8 Å². The average molecular weight is 560 g/mol. The van der Waals surface area contributed by atoms with Gasteiger partial charge in [-0.2, -0.15) is 0 Å². The molecule has 2 N–H and O–H groups in total. The molecule has 0 radical (unpaired) electrons. The van der Waals surface area contributed by atoms with E-state index in [0.717, 1.165) is 55.7 Å². The third-order valence-corrected chi connectivity index (χ3v) is 7.92. The van der Waals surface area contributed by atoms with Crippen molar-refractivity contribution < 1.29 is 19.0 Å².